The molecule has 0 aliphatic carbocycles. The van der Waals surface area contributed by atoms with Crippen molar-refractivity contribution in [1.29, 1.82) is 0 Å². The normalized spacial score (nSPS) is 10.6. The second-order valence-corrected chi connectivity index (χ2v) is 6.15. The Morgan fingerprint density at radius 2 is 1.44 bits per heavy atom. The number of rotatable bonds is 6. The summed E-state index contributed by atoms with van der Waals surface area (Å²) in [6, 6.07) is 26.2. The molecule has 0 radical (unpaired) electrons. The highest BCUT2D eigenvalue weighted by molar-refractivity contribution is 5.77. The molecule has 0 spiro atoms. The quantitative estimate of drug-likeness (QED) is 0.676. The standard InChI is InChI=1S/C22H22N2O/c1-24(17-20-14-8-9-15-23-20)22(25)16-21(18-10-4-2-5-11-18)19-12-6-3-7-13-19/h2-15,21H,16-17H2,1H3. The van der Waals surface area contributed by atoms with E-state index < -0.39 is 0 Å². The SMILES string of the molecule is CN(Cc1ccccn1)C(=O)CC(c1ccccc1)c1ccccc1. The highest BCUT2D eigenvalue weighted by Gasteiger charge is 2.20. The third kappa shape index (κ3) is 4.54. The molecule has 25 heavy (non-hydrogen) atoms. The van der Waals surface area contributed by atoms with Crippen LogP contribution in [0.2, 0.25) is 0 Å². The average molecular weight is 330 g/mol. The van der Waals surface area contributed by atoms with Gasteiger partial charge in [0.25, 0.3) is 0 Å². The van der Waals surface area contributed by atoms with Gasteiger partial charge in [0, 0.05) is 25.6 Å². The van der Waals surface area contributed by atoms with Gasteiger partial charge in [0.15, 0.2) is 0 Å². The Hall–Kier alpha value is -2.94. The van der Waals surface area contributed by atoms with Crippen LogP contribution in [-0.4, -0.2) is 22.8 Å². The Balaban J connectivity index is 1.77. The van der Waals surface area contributed by atoms with Gasteiger partial charge in [-0.1, -0.05) is 66.7 Å². The molecule has 0 N–H and O–H groups in total. The van der Waals surface area contributed by atoms with Crippen LogP contribution < -0.4 is 0 Å². The summed E-state index contributed by atoms with van der Waals surface area (Å²) in [5.41, 5.74) is 3.22. The van der Waals surface area contributed by atoms with E-state index in [0.29, 0.717) is 13.0 Å². The molecule has 1 aromatic heterocycles. The number of carbonyl (C=O) groups excluding carboxylic acids is 1. The number of benzene rings is 2. The predicted octanol–water partition coefficient (Wildman–Crippen LogP) is 4.26. The van der Waals surface area contributed by atoms with Crippen molar-refractivity contribution in [3.63, 3.8) is 0 Å². The van der Waals surface area contributed by atoms with Crippen molar-refractivity contribution in [1.82, 2.24) is 9.88 Å². The molecule has 0 saturated heterocycles. The molecule has 2 aromatic carbocycles. The Bertz CT molecular complexity index is 749. The summed E-state index contributed by atoms with van der Waals surface area (Å²) < 4.78 is 0. The lowest BCUT2D eigenvalue weighted by Gasteiger charge is -2.22. The van der Waals surface area contributed by atoms with Crippen LogP contribution in [-0.2, 0) is 11.3 Å². The van der Waals surface area contributed by atoms with Gasteiger partial charge in [-0.3, -0.25) is 9.78 Å². The second kappa shape index (κ2) is 8.25. The van der Waals surface area contributed by atoms with Crippen LogP contribution in [0.25, 0.3) is 0 Å². The molecule has 0 bridgehead atoms. The van der Waals surface area contributed by atoms with Crippen molar-refractivity contribution in [3.8, 4) is 0 Å². The molecule has 3 rings (SSSR count). The van der Waals surface area contributed by atoms with E-state index in [1.807, 2.05) is 61.6 Å². The van der Waals surface area contributed by atoms with Gasteiger partial charge < -0.3 is 4.90 Å². The largest absolute Gasteiger partial charge is 0.340 e. The molecule has 3 nitrogen and oxygen atoms in total. The van der Waals surface area contributed by atoms with Crippen molar-refractivity contribution in [3.05, 3.63) is 102 Å². The molecule has 0 aliphatic heterocycles. The summed E-state index contributed by atoms with van der Waals surface area (Å²) in [5, 5.41) is 0. The van der Waals surface area contributed by atoms with E-state index in [0.717, 1.165) is 16.8 Å². The van der Waals surface area contributed by atoms with Crippen LogP contribution in [0.15, 0.2) is 85.1 Å². The Kier molecular flexibility index (Phi) is 5.57. The zero-order valence-electron chi connectivity index (χ0n) is 14.4. The monoisotopic (exact) mass is 330 g/mol. The number of hydrogen-bond donors (Lipinski definition) is 0. The van der Waals surface area contributed by atoms with Gasteiger partial charge in [-0.05, 0) is 23.3 Å². The van der Waals surface area contributed by atoms with Gasteiger partial charge in [-0.15, -0.1) is 0 Å². The van der Waals surface area contributed by atoms with Crippen molar-refractivity contribution in [2.45, 2.75) is 18.9 Å². The lowest BCUT2D eigenvalue weighted by Crippen LogP contribution is -2.28. The molecule has 0 atom stereocenters. The molecule has 3 heteroatoms. The molecule has 1 heterocycles. The van der Waals surface area contributed by atoms with E-state index >= 15 is 0 Å². The van der Waals surface area contributed by atoms with Crippen molar-refractivity contribution in [2.24, 2.45) is 0 Å². The minimum atomic E-state index is 0.0566. The minimum Gasteiger partial charge on any atom is -0.340 e. The summed E-state index contributed by atoms with van der Waals surface area (Å²) in [6.45, 7) is 0.524. The maximum Gasteiger partial charge on any atom is 0.223 e. The molecular formula is C22H22N2O. The number of nitrogens with zero attached hydrogens (tertiary/aromatic N) is 2. The highest BCUT2D eigenvalue weighted by Crippen LogP contribution is 2.28. The van der Waals surface area contributed by atoms with E-state index in [-0.39, 0.29) is 11.8 Å². The van der Waals surface area contributed by atoms with Gasteiger partial charge in [0.2, 0.25) is 5.91 Å². The van der Waals surface area contributed by atoms with Gasteiger partial charge in [0.1, 0.15) is 0 Å². The first-order valence-corrected chi connectivity index (χ1v) is 8.48. The first-order chi connectivity index (χ1) is 12.2. The number of pyridine rings is 1. The molecule has 0 fully saturated rings. The summed E-state index contributed by atoms with van der Waals surface area (Å²) >= 11 is 0. The van der Waals surface area contributed by atoms with Crippen LogP contribution in [0.4, 0.5) is 0 Å². The van der Waals surface area contributed by atoms with E-state index in [9.17, 15) is 4.79 Å². The van der Waals surface area contributed by atoms with Crippen molar-refractivity contribution >= 4 is 5.91 Å². The topological polar surface area (TPSA) is 33.2 Å². The van der Waals surface area contributed by atoms with Crippen molar-refractivity contribution < 1.29 is 4.79 Å². The summed E-state index contributed by atoms with van der Waals surface area (Å²) in [5.74, 6) is 0.171. The van der Waals surface area contributed by atoms with Crippen LogP contribution in [0.5, 0.6) is 0 Å². The maximum absolute atomic E-state index is 12.8. The zero-order chi connectivity index (χ0) is 17.5. The molecule has 0 aliphatic rings. The van der Waals surface area contributed by atoms with E-state index in [4.69, 9.17) is 0 Å². The summed E-state index contributed by atoms with van der Waals surface area (Å²) in [7, 11) is 1.84. The fourth-order valence-electron chi connectivity index (χ4n) is 2.95. The zero-order valence-corrected chi connectivity index (χ0v) is 14.4. The molecule has 1 amide bonds. The van der Waals surface area contributed by atoms with Gasteiger partial charge in [-0.25, -0.2) is 0 Å². The number of carbonyl (C=O) groups is 1. The van der Waals surface area contributed by atoms with E-state index in [1.54, 1.807) is 11.1 Å². The second-order valence-electron chi connectivity index (χ2n) is 6.15. The predicted molar refractivity (Wildman–Crippen MR) is 100 cm³/mol. The third-order valence-electron chi connectivity index (χ3n) is 4.33. The van der Waals surface area contributed by atoms with E-state index in [1.165, 1.54) is 0 Å². The van der Waals surface area contributed by atoms with Crippen LogP contribution in [0, 0.1) is 0 Å². The van der Waals surface area contributed by atoms with Crippen LogP contribution in [0.1, 0.15) is 29.2 Å². The fourth-order valence-corrected chi connectivity index (χ4v) is 2.95. The van der Waals surface area contributed by atoms with Gasteiger partial charge in [-0.2, -0.15) is 0 Å². The number of hydrogen-bond acceptors (Lipinski definition) is 2. The number of aromatic nitrogens is 1. The average Bonchev–Trinajstić information content (AvgIpc) is 2.68. The van der Waals surface area contributed by atoms with Crippen molar-refractivity contribution in [2.75, 3.05) is 7.05 Å². The van der Waals surface area contributed by atoms with Crippen LogP contribution in [0.3, 0.4) is 0 Å². The summed E-state index contributed by atoms with van der Waals surface area (Å²) in [4.78, 5) is 18.9. The summed E-state index contributed by atoms with van der Waals surface area (Å²) in [6.07, 6.45) is 2.20. The fraction of sp³-hybridized carbons (Fsp3) is 0.182. The highest BCUT2D eigenvalue weighted by atomic mass is 16.2. The van der Waals surface area contributed by atoms with E-state index in [2.05, 4.69) is 29.2 Å². The first-order valence-electron chi connectivity index (χ1n) is 8.48. The lowest BCUT2D eigenvalue weighted by atomic mass is 9.88. The maximum atomic E-state index is 12.8. The third-order valence-corrected chi connectivity index (χ3v) is 4.33. The molecule has 3 aromatic rings. The Morgan fingerprint density at radius 1 is 0.880 bits per heavy atom. The van der Waals surface area contributed by atoms with Crippen LogP contribution >= 0.6 is 0 Å². The minimum absolute atomic E-state index is 0.0566. The number of amides is 1. The Morgan fingerprint density at radius 3 is 1.96 bits per heavy atom. The molecular weight excluding hydrogens is 308 g/mol. The smallest absolute Gasteiger partial charge is 0.223 e. The first kappa shape index (κ1) is 16.9. The Labute approximate surface area is 149 Å². The molecule has 126 valence electrons. The molecule has 0 saturated carbocycles. The van der Waals surface area contributed by atoms with Gasteiger partial charge >= 0.3 is 0 Å². The lowest BCUT2D eigenvalue weighted by molar-refractivity contribution is -0.130. The van der Waals surface area contributed by atoms with Gasteiger partial charge in [0.05, 0.1) is 12.2 Å². The molecule has 0 unspecified atom stereocenters.